The van der Waals surface area contributed by atoms with Crippen LogP contribution in [0.1, 0.15) is 6.92 Å². The molecule has 0 saturated carbocycles. The van der Waals surface area contributed by atoms with Gasteiger partial charge in [0.2, 0.25) is 0 Å². The van der Waals surface area contributed by atoms with Crippen LogP contribution in [0.2, 0.25) is 0 Å². The summed E-state index contributed by atoms with van der Waals surface area (Å²) in [6.07, 6.45) is 0. The van der Waals surface area contributed by atoms with Crippen LogP contribution in [0, 0.1) is 0 Å². The number of rotatable bonds is 6. The molecule has 0 unspecified atom stereocenters. The van der Waals surface area contributed by atoms with Crippen molar-refractivity contribution in [3.63, 3.8) is 0 Å². The van der Waals surface area contributed by atoms with Crippen LogP contribution in [0.25, 0.3) is 0 Å². The first-order chi connectivity index (χ1) is 11.2. The highest BCUT2D eigenvalue weighted by atomic mass is 32.2. The van der Waals surface area contributed by atoms with Gasteiger partial charge < -0.3 is 9.84 Å². The van der Waals surface area contributed by atoms with E-state index in [9.17, 15) is 9.36 Å². The number of benzene rings is 2. The second-order valence-corrected chi connectivity index (χ2v) is 7.22. The van der Waals surface area contributed by atoms with Crippen LogP contribution < -0.4 is 9.84 Å². The molecule has 0 atom stereocenters. The maximum Gasteiger partial charge on any atom is 0.524 e. The van der Waals surface area contributed by atoms with Gasteiger partial charge in [-0.05, 0) is 55.5 Å². The van der Waals surface area contributed by atoms with Crippen molar-refractivity contribution in [1.29, 1.82) is 0 Å². The molecule has 0 fully saturated rings. The van der Waals surface area contributed by atoms with Gasteiger partial charge in [-0.1, -0.05) is 18.3 Å². The van der Waals surface area contributed by atoms with Crippen molar-refractivity contribution in [3.05, 3.63) is 60.7 Å². The van der Waals surface area contributed by atoms with E-state index in [1.807, 2.05) is 12.1 Å². The standard InChI is InChI=1S/C16H16NO5PS/c1-11(2)16(18)17-12-3-7-14(8-4-12)24-15-9-5-13(6-10-15)22-23(19,20)21/h3-10H,1H2,2H3,(H,17,18)(H2,19,20,21). The van der Waals surface area contributed by atoms with Crippen molar-refractivity contribution in [3.8, 4) is 5.75 Å². The van der Waals surface area contributed by atoms with Gasteiger partial charge in [-0.3, -0.25) is 14.6 Å². The summed E-state index contributed by atoms with van der Waals surface area (Å²) in [5.41, 5.74) is 1.11. The smallest absolute Gasteiger partial charge is 0.404 e. The predicted molar refractivity (Wildman–Crippen MR) is 93.1 cm³/mol. The van der Waals surface area contributed by atoms with E-state index in [2.05, 4.69) is 16.4 Å². The molecule has 24 heavy (non-hydrogen) atoms. The molecule has 0 saturated heterocycles. The van der Waals surface area contributed by atoms with Gasteiger partial charge in [0.05, 0.1) is 0 Å². The summed E-state index contributed by atoms with van der Waals surface area (Å²) in [5, 5.41) is 2.72. The summed E-state index contributed by atoms with van der Waals surface area (Å²) in [4.78, 5) is 30.9. The van der Waals surface area contributed by atoms with Crippen LogP contribution in [-0.4, -0.2) is 15.7 Å². The van der Waals surface area contributed by atoms with Crippen molar-refractivity contribution in [2.24, 2.45) is 0 Å². The minimum Gasteiger partial charge on any atom is -0.404 e. The minimum absolute atomic E-state index is 0.102. The first-order valence-corrected chi connectivity index (χ1v) is 9.17. The first kappa shape index (κ1) is 18.3. The van der Waals surface area contributed by atoms with Crippen LogP contribution in [0.3, 0.4) is 0 Å². The third-order valence-corrected chi connectivity index (χ3v) is 4.25. The summed E-state index contributed by atoms with van der Waals surface area (Å²) in [5.74, 6) is -0.124. The molecule has 6 nitrogen and oxygen atoms in total. The molecule has 1 amide bonds. The molecule has 2 aromatic rings. The summed E-state index contributed by atoms with van der Waals surface area (Å²) in [6.45, 7) is 5.22. The number of nitrogens with one attached hydrogen (secondary N) is 1. The number of phosphoric acid groups is 1. The average molecular weight is 365 g/mol. The lowest BCUT2D eigenvalue weighted by Crippen LogP contribution is -2.11. The highest BCUT2D eigenvalue weighted by molar-refractivity contribution is 7.99. The lowest BCUT2D eigenvalue weighted by molar-refractivity contribution is -0.112. The zero-order chi connectivity index (χ0) is 17.7. The summed E-state index contributed by atoms with van der Waals surface area (Å²) >= 11 is 1.47. The van der Waals surface area contributed by atoms with Crippen molar-refractivity contribution in [1.82, 2.24) is 0 Å². The minimum atomic E-state index is -4.54. The van der Waals surface area contributed by atoms with E-state index in [1.165, 1.54) is 23.9 Å². The average Bonchev–Trinajstić information content (AvgIpc) is 2.49. The molecule has 0 heterocycles. The number of hydrogen-bond donors (Lipinski definition) is 3. The van der Waals surface area contributed by atoms with Gasteiger partial charge in [0.15, 0.2) is 0 Å². The van der Waals surface area contributed by atoms with Crippen LogP contribution >= 0.6 is 19.6 Å². The van der Waals surface area contributed by atoms with E-state index in [0.29, 0.717) is 11.3 Å². The fourth-order valence-corrected chi connectivity index (χ4v) is 2.90. The monoisotopic (exact) mass is 365 g/mol. The van der Waals surface area contributed by atoms with Gasteiger partial charge in [-0.15, -0.1) is 0 Å². The fourth-order valence-electron chi connectivity index (χ4n) is 1.69. The Morgan fingerprint density at radius 2 is 1.58 bits per heavy atom. The molecular weight excluding hydrogens is 349 g/mol. The normalized spacial score (nSPS) is 11.0. The molecule has 8 heteroatoms. The fraction of sp³-hybridized carbons (Fsp3) is 0.0625. The van der Waals surface area contributed by atoms with E-state index >= 15 is 0 Å². The van der Waals surface area contributed by atoms with Gasteiger partial charge >= 0.3 is 7.82 Å². The number of phosphoric ester groups is 1. The van der Waals surface area contributed by atoms with Crippen molar-refractivity contribution >= 4 is 31.2 Å². The van der Waals surface area contributed by atoms with Gasteiger partial charge in [0, 0.05) is 21.1 Å². The number of carbonyl (C=O) groups excluding carboxylic acids is 1. The first-order valence-electron chi connectivity index (χ1n) is 6.83. The van der Waals surface area contributed by atoms with E-state index in [-0.39, 0.29) is 11.7 Å². The molecule has 2 rings (SSSR count). The Hall–Kier alpha value is -2.05. The van der Waals surface area contributed by atoms with E-state index in [0.717, 1.165) is 9.79 Å². The third kappa shape index (κ3) is 5.86. The van der Waals surface area contributed by atoms with Gasteiger partial charge in [0.1, 0.15) is 5.75 Å². The molecule has 0 spiro atoms. The van der Waals surface area contributed by atoms with Crippen molar-refractivity contribution in [2.45, 2.75) is 16.7 Å². The Morgan fingerprint density at radius 3 is 2.04 bits per heavy atom. The van der Waals surface area contributed by atoms with Gasteiger partial charge in [0.25, 0.3) is 5.91 Å². The molecular formula is C16H16NO5PS. The quantitative estimate of drug-likeness (QED) is 0.532. The number of amides is 1. The summed E-state index contributed by atoms with van der Waals surface area (Å²) < 4.78 is 15.2. The predicted octanol–water partition coefficient (Wildman–Crippen LogP) is 3.82. The topological polar surface area (TPSA) is 95.9 Å². The second-order valence-electron chi connectivity index (χ2n) is 4.91. The van der Waals surface area contributed by atoms with Crippen LogP contribution in [0.5, 0.6) is 5.75 Å². The van der Waals surface area contributed by atoms with Crippen LogP contribution in [-0.2, 0) is 9.36 Å². The molecule has 0 aliphatic rings. The Bertz CT molecular complexity index is 783. The molecule has 0 aliphatic carbocycles. The zero-order valence-electron chi connectivity index (χ0n) is 12.8. The maximum atomic E-state index is 11.5. The second kappa shape index (κ2) is 7.68. The Labute approximate surface area is 143 Å². The van der Waals surface area contributed by atoms with Crippen LogP contribution in [0.4, 0.5) is 5.69 Å². The van der Waals surface area contributed by atoms with Crippen molar-refractivity contribution < 1.29 is 23.7 Å². The number of anilines is 1. The lowest BCUT2D eigenvalue weighted by atomic mass is 10.3. The van der Waals surface area contributed by atoms with E-state index < -0.39 is 7.82 Å². The molecule has 126 valence electrons. The van der Waals surface area contributed by atoms with Gasteiger partial charge in [-0.25, -0.2) is 4.57 Å². The van der Waals surface area contributed by atoms with Crippen molar-refractivity contribution in [2.75, 3.05) is 5.32 Å². The summed E-state index contributed by atoms with van der Waals surface area (Å²) in [7, 11) is -4.54. The molecule has 2 aromatic carbocycles. The molecule has 3 N–H and O–H groups in total. The van der Waals surface area contributed by atoms with Gasteiger partial charge in [-0.2, -0.15) is 0 Å². The SMILES string of the molecule is C=C(C)C(=O)Nc1ccc(Sc2ccc(OP(=O)(O)O)cc2)cc1. The zero-order valence-corrected chi connectivity index (χ0v) is 14.5. The maximum absolute atomic E-state index is 11.5. The highest BCUT2D eigenvalue weighted by Crippen LogP contribution is 2.38. The number of carbonyl (C=O) groups is 1. The van der Waals surface area contributed by atoms with E-state index in [4.69, 9.17) is 9.79 Å². The van der Waals surface area contributed by atoms with E-state index in [1.54, 1.807) is 31.2 Å². The Kier molecular flexibility index (Phi) is 5.85. The summed E-state index contributed by atoms with van der Waals surface area (Å²) in [6, 6.07) is 13.7. The molecule has 0 aromatic heterocycles. The Morgan fingerprint density at radius 1 is 1.08 bits per heavy atom. The number of hydrogen-bond acceptors (Lipinski definition) is 4. The lowest BCUT2D eigenvalue weighted by Gasteiger charge is -2.08. The Balaban J connectivity index is 1.99. The molecule has 0 bridgehead atoms. The van der Waals surface area contributed by atoms with Crippen LogP contribution in [0.15, 0.2) is 70.5 Å². The largest absolute Gasteiger partial charge is 0.524 e. The molecule has 0 radical (unpaired) electrons. The molecule has 0 aliphatic heterocycles. The highest BCUT2D eigenvalue weighted by Gasteiger charge is 2.15. The third-order valence-electron chi connectivity index (χ3n) is 2.78.